The largest absolute Gasteiger partial charge is 0.416 e. The van der Waals surface area contributed by atoms with Crippen molar-refractivity contribution < 1.29 is 26.3 Å². The van der Waals surface area contributed by atoms with Crippen LogP contribution in [0.2, 0.25) is 0 Å². The number of likely N-dealkylation sites (N-methyl/N-ethyl adjacent to an activating group) is 1. The van der Waals surface area contributed by atoms with Crippen molar-refractivity contribution in [1.29, 1.82) is 0 Å². The lowest BCUT2D eigenvalue weighted by Crippen LogP contribution is -2.48. The molecule has 1 aliphatic rings. The third kappa shape index (κ3) is 6.10. The van der Waals surface area contributed by atoms with Crippen molar-refractivity contribution in [3.63, 3.8) is 0 Å². The maximum atomic E-state index is 13.1. The Hall–Kier alpha value is -2.33. The summed E-state index contributed by atoms with van der Waals surface area (Å²) < 4.78 is 78.6. The van der Waals surface area contributed by atoms with Crippen LogP contribution >= 0.6 is 0 Å². The lowest BCUT2D eigenvalue weighted by molar-refractivity contribution is -0.143. The van der Waals surface area contributed by atoms with E-state index in [-0.39, 0.29) is 17.2 Å². The first-order valence-electron chi connectivity index (χ1n) is 9.81. The van der Waals surface area contributed by atoms with Gasteiger partial charge in [-0.15, -0.1) is 0 Å². The van der Waals surface area contributed by atoms with Gasteiger partial charge in [-0.05, 0) is 50.0 Å². The Kier molecular flexibility index (Phi) is 6.80. The molecule has 1 aromatic heterocycles. The molecule has 0 amide bonds. The highest BCUT2D eigenvalue weighted by atomic mass is 19.4. The van der Waals surface area contributed by atoms with Crippen LogP contribution in [-0.4, -0.2) is 68.1 Å². The van der Waals surface area contributed by atoms with Crippen LogP contribution in [0.15, 0.2) is 36.5 Å². The molecule has 1 aromatic carbocycles. The maximum absolute atomic E-state index is 13.1. The van der Waals surface area contributed by atoms with Crippen LogP contribution in [0.3, 0.4) is 0 Å². The first kappa shape index (κ1) is 23.3. The lowest BCUT2D eigenvalue weighted by atomic mass is 10.00. The highest BCUT2D eigenvalue weighted by molar-refractivity contribution is 5.66. The molecule has 2 aromatic rings. The smallest absolute Gasteiger partial charge is 0.354 e. The van der Waals surface area contributed by atoms with E-state index < -0.39 is 23.5 Å². The molecule has 0 atom stereocenters. The normalized spacial score (nSPS) is 16.2. The van der Waals surface area contributed by atoms with Gasteiger partial charge in [0, 0.05) is 51.0 Å². The van der Waals surface area contributed by atoms with Gasteiger partial charge in [-0.1, -0.05) is 0 Å². The number of benzene rings is 1. The second-order valence-electron chi connectivity index (χ2n) is 7.83. The number of aromatic nitrogens is 1. The van der Waals surface area contributed by atoms with Crippen molar-refractivity contribution in [2.45, 2.75) is 12.4 Å². The van der Waals surface area contributed by atoms with Gasteiger partial charge in [0.25, 0.3) is 0 Å². The summed E-state index contributed by atoms with van der Waals surface area (Å²) in [6.07, 6.45) is -8.44. The van der Waals surface area contributed by atoms with Crippen LogP contribution in [0.25, 0.3) is 11.1 Å². The number of rotatable bonds is 5. The van der Waals surface area contributed by atoms with E-state index in [4.69, 9.17) is 0 Å². The van der Waals surface area contributed by atoms with Crippen molar-refractivity contribution in [3.05, 3.63) is 47.7 Å². The molecule has 0 N–H and O–H groups in total. The zero-order valence-corrected chi connectivity index (χ0v) is 17.3. The first-order valence-corrected chi connectivity index (χ1v) is 9.81. The molecule has 31 heavy (non-hydrogen) atoms. The Morgan fingerprint density at radius 1 is 0.839 bits per heavy atom. The fourth-order valence-corrected chi connectivity index (χ4v) is 3.41. The molecule has 0 aliphatic carbocycles. The third-order valence-corrected chi connectivity index (χ3v) is 5.23. The molecular weight excluding hydrogens is 422 g/mol. The minimum atomic E-state index is -4.88. The predicted octanol–water partition coefficient (Wildman–Crippen LogP) is 4.47. The van der Waals surface area contributed by atoms with E-state index in [1.54, 1.807) is 6.07 Å². The summed E-state index contributed by atoms with van der Waals surface area (Å²) in [5, 5.41) is 0. The number of hydrogen-bond acceptors (Lipinski definition) is 4. The van der Waals surface area contributed by atoms with Crippen LogP contribution in [0.5, 0.6) is 0 Å². The van der Waals surface area contributed by atoms with Gasteiger partial charge >= 0.3 is 12.4 Å². The minimum absolute atomic E-state index is 0.126. The second-order valence-corrected chi connectivity index (χ2v) is 7.83. The fraction of sp³-hybridized carbons (Fsp3) is 0.476. The highest BCUT2D eigenvalue weighted by Gasteiger charge is 2.37. The van der Waals surface area contributed by atoms with Crippen molar-refractivity contribution in [3.8, 4) is 11.1 Å². The van der Waals surface area contributed by atoms with Gasteiger partial charge in [-0.3, -0.25) is 4.90 Å². The molecule has 1 saturated heterocycles. The number of piperazine rings is 1. The second kappa shape index (κ2) is 9.04. The van der Waals surface area contributed by atoms with E-state index in [9.17, 15) is 26.3 Å². The van der Waals surface area contributed by atoms with Crippen LogP contribution in [0, 0.1) is 0 Å². The van der Waals surface area contributed by atoms with Crippen LogP contribution in [-0.2, 0) is 12.4 Å². The topological polar surface area (TPSA) is 22.6 Å². The summed E-state index contributed by atoms with van der Waals surface area (Å²) >= 11 is 0. The Balaban J connectivity index is 1.76. The molecule has 3 rings (SSSR count). The number of anilines is 1. The van der Waals surface area contributed by atoms with E-state index in [0.29, 0.717) is 5.82 Å². The number of halogens is 6. The standard InChI is InChI=1S/C21H24F6N4/c1-29(2)5-6-30-7-9-31(10-8-30)19-4-3-15(14-28-19)16-11-17(20(22,23)24)13-18(12-16)21(25,26)27/h3-4,11-14H,5-10H2,1-2H3. The quantitative estimate of drug-likeness (QED) is 0.633. The fourth-order valence-electron chi connectivity index (χ4n) is 3.41. The highest BCUT2D eigenvalue weighted by Crippen LogP contribution is 2.38. The van der Waals surface area contributed by atoms with Gasteiger partial charge in [0.05, 0.1) is 11.1 Å². The predicted molar refractivity (Wildman–Crippen MR) is 107 cm³/mol. The molecule has 10 heteroatoms. The molecule has 2 heterocycles. The third-order valence-electron chi connectivity index (χ3n) is 5.23. The molecule has 0 unspecified atom stereocenters. The van der Waals surface area contributed by atoms with Gasteiger partial charge in [-0.2, -0.15) is 26.3 Å². The van der Waals surface area contributed by atoms with E-state index in [0.717, 1.165) is 51.4 Å². The summed E-state index contributed by atoms with van der Waals surface area (Å²) in [4.78, 5) is 10.8. The Bertz CT molecular complexity index is 837. The molecule has 0 radical (unpaired) electrons. The van der Waals surface area contributed by atoms with Gasteiger partial charge in [0.2, 0.25) is 0 Å². The number of alkyl halides is 6. The summed E-state index contributed by atoms with van der Waals surface area (Å²) in [7, 11) is 4.04. The molecule has 1 fully saturated rings. The van der Waals surface area contributed by atoms with Crippen LogP contribution in [0.1, 0.15) is 11.1 Å². The van der Waals surface area contributed by atoms with E-state index in [2.05, 4.69) is 19.7 Å². The zero-order chi connectivity index (χ0) is 22.8. The van der Waals surface area contributed by atoms with E-state index in [1.165, 1.54) is 12.3 Å². The maximum Gasteiger partial charge on any atom is 0.416 e. The number of nitrogens with zero attached hydrogens (tertiary/aromatic N) is 4. The Morgan fingerprint density at radius 3 is 1.87 bits per heavy atom. The van der Waals surface area contributed by atoms with Crippen molar-refractivity contribution in [2.24, 2.45) is 0 Å². The summed E-state index contributed by atoms with van der Waals surface area (Å²) in [6.45, 7) is 5.15. The summed E-state index contributed by atoms with van der Waals surface area (Å²) in [5.41, 5.74) is -2.65. The molecular formula is C21H24F6N4. The zero-order valence-electron chi connectivity index (χ0n) is 17.3. The van der Waals surface area contributed by atoms with Gasteiger partial charge in [0.1, 0.15) is 5.82 Å². The average Bonchev–Trinajstić information content (AvgIpc) is 2.71. The molecule has 1 aliphatic heterocycles. The minimum Gasteiger partial charge on any atom is -0.354 e. The average molecular weight is 446 g/mol. The molecule has 170 valence electrons. The van der Waals surface area contributed by atoms with E-state index in [1.807, 2.05) is 14.1 Å². The van der Waals surface area contributed by atoms with Gasteiger partial charge in [0.15, 0.2) is 0 Å². The lowest BCUT2D eigenvalue weighted by Gasteiger charge is -2.35. The Morgan fingerprint density at radius 2 is 1.42 bits per heavy atom. The number of pyridine rings is 1. The van der Waals surface area contributed by atoms with Gasteiger partial charge < -0.3 is 9.80 Å². The summed E-state index contributed by atoms with van der Waals surface area (Å²) in [6, 6.07) is 4.71. The van der Waals surface area contributed by atoms with Crippen LogP contribution in [0.4, 0.5) is 32.2 Å². The monoisotopic (exact) mass is 446 g/mol. The van der Waals surface area contributed by atoms with Crippen molar-refractivity contribution in [2.75, 3.05) is 58.3 Å². The first-order chi connectivity index (χ1) is 14.4. The SMILES string of the molecule is CN(C)CCN1CCN(c2ccc(-c3cc(C(F)(F)F)cc(C(F)(F)F)c3)cn2)CC1. The molecule has 0 bridgehead atoms. The summed E-state index contributed by atoms with van der Waals surface area (Å²) in [5.74, 6) is 0.652. The van der Waals surface area contributed by atoms with Gasteiger partial charge in [-0.25, -0.2) is 4.98 Å². The van der Waals surface area contributed by atoms with E-state index >= 15 is 0 Å². The molecule has 4 nitrogen and oxygen atoms in total. The molecule has 0 saturated carbocycles. The van der Waals surface area contributed by atoms with Crippen LogP contribution < -0.4 is 4.90 Å². The molecule has 0 spiro atoms. The number of hydrogen-bond donors (Lipinski definition) is 0. The van der Waals surface area contributed by atoms with Crippen molar-refractivity contribution in [1.82, 2.24) is 14.8 Å². The Labute approximate surface area is 177 Å². The van der Waals surface area contributed by atoms with Crippen molar-refractivity contribution >= 4 is 5.82 Å².